The Hall–Kier alpha value is 0.0600. The quantitative estimate of drug-likeness (QED) is 0.495. The summed E-state index contributed by atoms with van der Waals surface area (Å²) in [7, 11) is 12.3. The van der Waals surface area contributed by atoms with Crippen LogP contribution in [-0.2, 0) is 0 Å². The second kappa shape index (κ2) is 11.5. The summed E-state index contributed by atoms with van der Waals surface area (Å²) in [6.07, 6.45) is 0. The Kier molecular flexibility index (Phi) is 18.1. The van der Waals surface area contributed by atoms with Crippen molar-refractivity contribution in [1.29, 1.82) is 0 Å². The molecule has 0 aliphatic carbocycles. The highest BCUT2D eigenvalue weighted by Gasteiger charge is 2.02. The number of rotatable bonds is 4. The van der Waals surface area contributed by atoms with Gasteiger partial charge >= 0.3 is 0 Å². The number of aliphatic hydroxyl groups is 2. The van der Waals surface area contributed by atoms with Crippen LogP contribution >= 0.6 is 0 Å². The lowest BCUT2D eigenvalue weighted by atomic mass is 10.5. The molecule has 4 nitrogen and oxygen atoms in total. The van der Waals surface area contributed by atoms with Crippen molar-refractivity contribution in [3.63, 3.8) is 0 Å². The second-order valence-electron chi connectivity index (χ2n) is 5.48. The van der Waals surface area contributed by atoms with Crippen molar-refractivity contribution in [2.45, 2.75) is 0 Å². The third kappa shape index (κ3) is 36.9. The largest absolute Gasteiger partial charge is 1.00 e. The lowest BCUT2D eigenvalue weighted by Gasteiger charge is -2.21. The van der Waals surface area contributed by atoms with E-state index in [4.69, 9.17) is 10.2 Å². The van der Waals surface area contributed by atoms with E-state index in [-0.39, 0.29) is 30.3 Å². The van der Waals surface area contributed by atoms with E-state index >= 15 is 0 Å². The van der Waals surface area contributed by atoms with Crippen molar-refractivity contribution in [3.05, 3.63) is 0 Å². The van der Waals surface area contributed by atoms with Crippen LogP contribution in [0.5, 0.6) is 0 Å². The second-order valence-corrected chi connectivity index (χ2v) is 5.48. The van der Waals surface area contributed by atoms with Crippen molar-refractivity contribution in [1.82, 2.24) is 0 Å². The van der Waals surface area contributed by atoms with Gasteiger partial charge in [0, 0.05) is 0 Å². The number of halogens is 2. The molecule has 0 saturated carbocycles. The highest BCUT2D eigenvalue weighted by atomic mass is 35.5. The smallest absolute Gasteiger partial charge is 0.101 e. The van der Waals surface area contributed by atoms with Crippen LogP contribution in [0.4, 0.5) is 0 Å². The molecular formula is C10H28ClFN2O2. The minimum absolute atomic E-state index is 0. The molecule has 0 aromatic carbocycles. The van der Waals surface area contributed by atoms with Gasteiger partial charge in [0.15, 0.2) is 0 Å². The van der Waals surface area contributed by atoms with Gasteiger partial charge < -0.3 is 36.3 Å². The first kappa shape index (κ1) is 25.0. The summed E-state index contributed by atoms with van der Waals surface area (Å²) in [6, 6.07) is 0. The molecule has 0 aromatic rings. The van der Waals surface area contributed by atoms with Gasteiger partial charge in [-0.25, -0.2) is 0 Å². The number of aliphatic hydroxyl groups excluding tert-OH is 2. The molecule has 0 aromatic heterocycles. The average Bonchev–Trinajstić information content (AvgIpc) is 1.81. The standard InChI is InChI=1S/2C5H14NO.ClH.FH/c2*1-6(2,3)4-5-7;;/h2*7H,4-5H2,1-3H3;2*1H/q2*+1;;/p-2. The molecule has 0 fully saturated rings. The van der Waals surface area contributed by atoms with E-state index in [1.165, 1.54) is 0 Å². The normalized spacial score (nSPS) is 10.5. The molecule has 0 aliphatic rings. The Morgan fingerprint density at radius 3 is 0.875 bits per heavy atom. The zero-order valence-corrected chi connectivity index (χ0v) is 12.1. The molecule has 0 saturated heterocycles. The first-order chi connectivity index (χ1) is 6.12. The Labute approximate surface area is 105 Å². The van der Waals surface area contributed by atoms with Gasteiger partial charge in [-0.2, -0.15) is 0 Å². The Morgan fingerprint density at radius 2 is 0.875 bits per heavy atom. The molecule has 0 radical (unpaired) electrons. The van der Waals surface area contributed by atoms with Crippen LogP contribution in [0.1, 0.15) is 0 Å². The van der Waals surface area contributed by atoms with Crippen molar-refractivity contribution in [3.8, 4) is 0 Å². The molecule has 0 rings (SSSR count). The summed E-state index contributed by atoms with van der Waals surface area (Å²) < 4.78 is 1.69. The first-order valence-corrected chi connectivity index (χ1v) is 4.95. The van der Waals surface area contributed by atoms with Gasteiger partial charge in [0.2, 0.25) is 0 Å². The molecule has 0 atom stereocenters. The van der Waals surface area contributed by atoms with Crippen LogP contribution in [0, 0.1) is 0 Å². The number of likely N-dealkylation sites (N-methyl/N-ethyl adjacent to an activating group) is 2. The maximum absolute atomic E-state index is 8.39. The van der Waals surface area contributed by atoms with Gasteiger partial charge in [0.25, 0.3) is 0 Å². The highest BCUT2D eigenvalue weighted by molar-refractivity contribution is 4.19. The summed E-state index contributed by atoms with van der Waals surface area (Å²) in [4.78, 5) is 0. The predicted octanol–water partition coefficient (Wildman–Crippen LogP) is -6.62. The van der Waals surface area contributed by atoms with Crippen LogP contribution in [0.3, 0.4) is 0 Å². The summed E-state index contributed by atoms with van der Waals surface area (Å²) in [6.45, 7) is 2.23. The molecule has 0 spiro atoms. The Bertz CT molecular complexity index is 120. The zero-order valence-electron chi connectivity index (χ0n) is 11.4. The van der Waals surface area contributed by atoms with Crippen LogP contribution in [0.2, 0.25) is 0 Å². The molecule has 16 heavy (non-hydrogen) atoms. The lowest BCUT2D eigenvalue weighted by molar-refractivity contribution is -0.870. The van der Waals surface area contributed by atoms with Gasteiger partial charge in [0.05, 0.1) is 55.5 Å². The fraction of sp³-hybridized carbons (Fsp3) is 1.00. The number of hydrogen-bond donors (Lipinski definition) is 2. The van der Waals surface area contributed by atoms with Gasteiger partial charge in [0.1, 0.15) is 13.1 Å². The van der Waals surface area contributed by atoms with Crippen molar-refractivity contribution in [2.75, 3.05) is 68.6 Å². The van der Waals surface area contributed by atoms with Crippen molar-refractivity contribution >= 4 is 0 Å². The third-order valence-electron chi connectivity index (χ3n) is 1.54. The van der Waals surface area contributed by atoms with Crippen LogP contribution in [0.25, 0.3) is 0 Å². The minimum atomic E-state index is 0. The highest BCUT2D eigenvalue weighted by Crippen LogP contribution is 1.85. The van der Waals surface area contributed by atoms with Gasteiger partial charge in [-0.3, -0.25) is 0 Å². The molecule has 6 heteroatoms. The molecule has 2 N–H and O–H groups in total. The Balaban J connectivity index is -0.0000000800. The molecule has 104 valence electrons. The molecule has 0 amide bonds. The first-order valence-electron chi connectivity index (χ1n) is 4.95. The maximum Gasteiger partial charge on any atom is 0.101 e. The lowest BCUT2D eigenvalue weighted by Crippen LogP contribution is -3.00. The van der Waals surface area contributed by atoms with E-state index in [0.717, 1.165) is 22.1 Å². The molecular weight excluding hydrogens is 235 g/mol. The average molecular weight is 263 g/mol. The van der Waals surface area contributed by atoms with Crippen LogP contribution in [-0.4, -0.2) is 87.8 Å². The van der Waals surface area contributed by atoms with Crippen LogP contribution in [0.15, 0.2) is 0 Å². The van der Waals surface area contributed by atoms with Gasteiger partial charge in [-0.15, -0.1) is 0 Å². The Morgan fingerprint density at radius 1 is 0.688 bits per heavy atom. The van der Waals surface area contributed by atoms with Crippen molar-refractivity contribution in [2.24, 2.45) is 0 Å². The predicted molar refractivity (Wildman–Crippen MR) is 60.0 cm³/mol. The summed E-state index contributed by atoms with van der Waals surface area (Å²) >= 11 is 0. The summed E-state index contributed by atoms with van der Waals surface area (Å²) in [5.41, 5.74) is 0. The number of nitrogens with zero attached hydrogens (tertiary/aromatic N) is 2. The summed E-state index contributed by atoms with van der Waals surface area (Å²) in [5, 5.41) is 16.8. The molecule has 0 unspecified atom stereocenters. The summed E-state index contributed by atoms with van der Waals surface area (Å²) in [5.74, 6) is 0. The molecule has 0 heterocycles. The monoisotopic (exact) mass is 262 g/mol. The topological polar surface area (TPSA) is 40.5 Å². The van der Waals surface area contributed by atoms with E-state index < -0.39 is 0 Å². The SMILES string of the molecule is C[N+](C)(C)CCO.C[N+](C)(C)CCO.[Cl-].[F-]. The van der Waals surface area contributed by atoms with E-state index in [9.17, 15) is 0 Å². The van der Waals surface area contributed by atoms with E-state index in [1.807, 2.05) is 0 Å². The van der Waals surface area contributed by atoms with Crippen molar-refractivity contribution < 1.29 is 36.3 Å². The third-order valence-corrected chi connectivity index (χ3v) is 1.54. The zero-order chi connectivity index (χ0) is 11.8. The van der Waals surface area contributed by atoms with Gasteiger partial charge in [-0.1, -0.05) is 0 Å². The van der Waals surface area contributed by atoms with E-state index in [2.05, 4.69) is 42.3 Å². The molecule has 0 aliphatic heterocycles. The minimum Gasteiger partial charge on any atom is -1.00 e. The maximum atomic E-state index is 8.39. The number of quaternary nitrogens is 2. The fourth-order valence-electron chi connectivity index (χ4n) is 0.600. The van der Waals surface area contributed by atoms with Crippen LogP contribution < -0.4 is 17.1 Å². The fourth-order valence-corrected chi connectivity index (χ4v) is 0.600. The number of hydrogen-bond acceptors (Lipinski definition) is 2. The van der Waals surface area contributed by atoms with Gasteiger partial charge in [-0.05, 0) is 0 Å². The van der Waals surface area contributed by atoms with E-state index in [1.54, 1.807) is 0 Å². The van der Waals surface area contributed by atoms with E-state index in [0.29, 0.717) is 0 Å². The molecule has 0 bridgehead atoms.